The van der Waals surface area contributed by atoms with Gasteiger partial charge in [0, 0.05) is 17.7 Å². The molecule has 0 amide bonds. The highest BCUT2D eigenvalue weighted by Crippen LogP contribution is 2.24. The fourth-order valence-corrected chi connectivity index (χ4v) is 1.79. The number of aryl methyl sites for hydroxylation is 1. The average Bonchev–Trinajstić information content (AvgIpc) is 2.50. The quantitative estimate of drug-likeness (QED) is 0.573. The van der Waals surface area contributed by atoms with E-state index < -0.39 is 0 Å². The monoisotopic (exact) mass is 273 g/mol. The van der Waals surface area contributed by atoms with Crippen molar-refractivity contribution in [3.63, 3.8) is 0 Å². The van der Waals surface area contributed by atoms with Crippen molar-refractivity contribution in [2.75, 3.05) is 17.9 Å². The number of nitrogen functional groups attached to an aromatic ring is 1. The number of nitrogens with two attached hydrogens (primary N) is 1. The summed E-state index contributed by atoms with van der Waals surface area (Å²) in [7, 11) is 1.64. The van der Waals surface area contributed by atoms with E-state index >= 15 is 0 Å². The van der Waals surface area contributed by atoms with Crippen molar-refractivity contribution in [2.24, 2.45) is 5.84 Å². The molecular weight excluding hydrogens is 254 g/mol. The molecule has 20 heavy (non-hydrogen) atoms. The molecule has 1 aromatic heterocycles. The summed E-state index contributed by atoms with van der Waals surface area (Å²) in [5, 5.41) is 3.27. The Hall–Kier alpha value is -2.34. The van der Waals surface area contributed by atoms with Crippen LogP contribution in [0.25, 0.3) is 0 Å². The first kappa shape index (κ1) is 14.1. The minimum Gasteiger partial charge on any atom is -0.497 e. The molecule has 0 aliphatic heterocycles. The zero-order valence-corrected chi connectivity index (χ0v) is 11.9. The number of rotatable bonds is 5. The summed E-state index contributed by atoms with van der Waals surface area (Å²) < 4.78 is 5.14. The number of hydrogen-bond acceptors (Lipinski definition) is 6. The molecule has 2 aromatic rings. The molecule has 6 nitrogen and oxygen atoms in total. The van der Waals surface area contributed by atoms with E-state index in [1.54, 1.807) is 7.11 Å². The molecule has 0 saturated heterocycles. The fourth-order valence-electron chi connectivity index (χ4n) is 1.79. The summed E-state index contributed by atoms with van der Waals surface area (Å²) in [5.41, 5.74) is 4.41. The number of benzene rings is 1. The Morgan fingerprint density at radius 1 is 1.15 bits per heavy atom. The van der Waals surface area contributed by atoms with Crippen LogP contribution in [-0.4, -0.2) is 17.1 Å². The summed E-state index contributed by atoms with van der Waals surface area (Å²) in [5.74, 6) is 8.42. The molecule has 4 N–H and O–H groups in total. The zero-order chi connectivity index (χ0) is 14.5. The standard InChI is InChI=1S/C14H19N5O/c1-4-12-17-13(9(2)14(18-12)19-15)16-10-5-7-11(20-3)8-6-10/h5-8H,4,15H2,1-3H3,(H2,16,17,18,19). The summed E-state index contributed by atoms with van der Waals surface area (Å²) in [6.07, 6.45) is 0.742. The van der Waals surface area contributed by atoms with Gasteiger partial charge in [-0.3, -0.25) is 0 Å². The maximum absolute atomic E-state index is 5.49. The molecule has 1 aromatic carbocycles. The molecule has 1 heterocycles. The second-order valence-corrected chi connectivity index (χ2v) is 4.31. The van der Waals surface area contributed by atoms with E-state index in [1.807, 2.05) is 38.1 Å². The van der Waals surface area contributed by atoms with Crippen molar-refractivity contribution >= 4 is 17.3 Å². The topological polar surface area (TPSA) is 85.1 Å². The van der Waals surface area contributed by atoms with Gasteiger partial charge in [-0.25, -0.2) is 15.8 Å². The minimum absolute atomic E-state index is 0.632. The number of hydrazine groups is 1. The zero-order valence-electron chi connectivity index (χ0n) is 11.9. The molecule has 2 rings (SSSR count). The summed E-state index contributed by atoms with van der Waals surface area (Å²) in [6.45, 7) is 3.92. The smallest absolute Gasteiger partial charge is 0.148 e. The lowest BCUT2D eigenvalue weighted by molar-refractivity contribution is 0.415. The van der Waals surface area contributed by atoms with Crippen LogP contribution in [0.4, 0.5) is 17.3 Å². The third kappa shape index (κ3) is 2.97. The van der Waals surface area contributed by atoms with Crippen molar-refractivity contribution in [3.05, 3.63) is 35.7 Å². The Morgan fingerprint density at radius 2 is 1.80 bits per heavy atom. The average molecular weight is 273 g/mol. The number of ether oxygens (including phenoxy) is 1. The third-order valence-electron chi connectivity index (χ3n) is 3.00. The maximum Gasteiger partial charge on any atom is 0.148 e. The van der Waals surface area contributed by atoms with E-state index in [9.17, 15) is 0 Å². The molecule has 0 aliphatic rings. The van der Waals surface area contributed by atoms with Crippen LogP contribution in [0, 0.1) is 6.92 Å². The molecule has 0 fully saturated rings. The van der Waals surface area contributed by atoms with Gasteiger partial charge in [0.05, 0.1) is 7.11 Å². The fraction of sp³-hybridized carbons (Fsp3) is 0.286. The summed E-state index contributed by atoms with van der Waals surface area (Å²) in [4.78, 5) is 8.82. The van der Waals surface area contributed by atoms with E-state index in [4.69, 9.17) is 10.6 Å². The highest BCUT2D eigenvalue weighted by atomic mass is 16.5. The second kappa shape index (κ2) is 6.21. The number of aromatic nitrogens is 2. The van der Waals surface area contributed by atoms with Gasteiger partial charge in [0.15, 0.2) is 0 Å². The molecule has 0 spiro atoms. The van der Waals surface area contributed by atoms with Crippen molar-refractivity contribution in [2.45, 2.75) is 20.3 Å². The largest absolute Gasteiger partial charge is 0.497 e. The van der Waals surface area contributed by atoms with Crippen LogP contribution in [0.15, 0.2) is 24.3 Å². The second-order valence-electron chi connectivity index (χ2n) is 4.31. The first-order valence-corrected chi connectivity index (χ1v) is 6.43. The number of methoxy groups -OCH3 is 1. The van der Waals surface area contributed by atoms with Gasteiger partial charge in [-0.2, -0.15) is 0 Å². The Morgan fingerprint density at radius 3 is 2.35 bits per heavy atom. The first-order valence-electron chi connectivity index (χ1n) is 6.43. The molecule has 0 aliphatic carbocycles. The maximum atomic E-state index is 5.49. The van der Waals surface area contributed by atoms with Crippen LogP contribution in [0.1, 0.15) is 18.3 Å². The Balaban J connectivity index is 2.31. The number of nitrogens with zero attached hydrogens (tertiary/aromatic N) is 2. The molecule has 0 atom stereocenters. The van der Waals surface area contributed by atoms with Gasteiger partial charge in [-0.05, 0) is 31.2 Å². The van der Waals surface area contributed by atoms with Crippen LogP contribution >= 0.6 is 0 Å². The van der Waals surface area contributed by atoms with E-state index in [1.165, 1.54) is 0 Å². The molecular formula is C14H19N5O. The predicted molar refractivity (Wildman–Crippen MR) is 80.2 cm³/mol. The van der Waals surface area contributed by atoms with Gasteiger partial charge in [0.2, 0.25) is 0 Å². The van der Waals surface area contributed by atoms with E-state index in [-0.39, 0.29) is 0 Å². The Kier molecular flexibility index (Phi) is 4.37. The van der Waals surface area contributed by atoms with Crippen molar-refractivity contribution in [1.82, 2.24) is 9.97 Å². The van der Waals surface area contributed by atoms with Gasteiger partial charge in [0.25, 0.3) is 0 Å². The van der Waals surface area contributed by atoms with Crippen molar-refractivity contribution < 1.29 is 4.74 Å². The van der Waals surface area contributed by atoms with Crippen LogP contribution in [0.2, 0.25) is 0 Å². The highest BCUT2D eigenvalue weighted by molar-refractivity contribution is 5.64. The van der Waals surface area contributed by atoms with Crippen LogP contribution in [0.3, 0.4) is 0 Å². The number of nitrogens with one attached hydrogen (secondary N) is 2. The van der Waals surface area contributed by atoms with E-state index in [2.05, 4.69) is 20.7 Å². The van der Waals surface area contributed by atoms with Crippen molar-refractivity contribution in [1.29, 1.82) is 0 Å². The van der Waals surface area contributed by atoms with Gasteiger partial charge < -0.3 is 15.5 Å². The molecule has 6 heteroatoms. The molecule has 0 radical (unpaired) electrons. The van der Waals surface area contributed by atoms with Gasteiger partial charge in [0.1, 0.15) is 23.2 Å². The Bertz CT molecular complexity index is 583. The number of hydrogen-bond donors (Lipinski definition) is 3. The summed E-state index contributed by atoms with van der Waals surface area (Å²) in [6, 6.07) is 7.65. The van der Waals surface area contributed by atoms with E-state index in [0.29, 0.717) is 5.82 Å². The lowest BCUT2D eigenvalue weighted by Crippen LogP contribution is -2.13. The predicted octanol–water partition coefficient (Wildman–Crippen LogP) is 2.39. The van der Waals surface area contributed by atoms with Crippen LogP contribution in [-0.2, 0) is 6.42 Å². The van der Waals surface area contributed by atoms with Gasteiger partial charge in [-0.15, -0.1) is 0 Å². The van der Waals surface area contributed by atoms with Gasteiger partial charge >= 0.3 is 0 Å². The van der Waals surface area contributed by atoms with Crippen LogP contribution < -0.4 is 21.3 Å². The first-order chi connectivity index (χ1) is 9.67. The minimum atomic E-state index is 0.632. The molecule has 0 saturated carbocycles. The van der Waals surface area contributed by atoms with Crippen molar-refractivity contribution in [3.8, 4) is 5.75 Å². The molecule has 0 unspecified atom stereocenters. The molecule has 0 bridgehead atoms. The van der Waals surface area contributed by atoms with Gasteiger partial charge in [-0.1, -0.05) is 6.92 Å². The Labute approximate surface area is 118 Å². The third-order valence-corrected chi connectivity index (χ3v) is 3.00. The highest BCUT2D eigenvalue weighted by Gasteiger charge is 2.09. The lowest BCUT2D eigenvalue weighted by atomic mass is 10.2. The van der Waals surface area contributed by atoms with E-state index in [0.717, 1.165) is 35.1 Å². The normalized spacial score (nSPS) is 10.2. The van der Waals surface area contributed by atoms with Crippen LogP contribution in [0.5, 0.6) is 5.75 Å². The summed E-state index contributed by atoms with van der Waals surface area (Å²) >= 11 is 0. The lowest BCUT2D eigenvalue weighted by Gasteiger charge is -2.13. The molecule has 106 valence electrons. The number of anilines is 3. The SMILES string of the molecule is CCc1nc(NN)c(C)c(Nc2ccc(OC)cc2)n1.